The van der Waals surface area contributed by atoms with Crippen LogP contribution in [0.25, 0.3) is 0 Å². The van der Waals surface area contributed by atoms with Crippen LogP contribution in [0.2, 0.25) is 0 Å². The zero-order chi connectivity index (χ0) is 19.0. The molecule has 0 spiro atoms. The molecule has 1 aromatic carbocycles. The average Bonchev–Trinajstić information content (AvgIpc) is 2.57. The summed E-state index contributed by atoms with van der Waals surface area (Å²) in [5, 5.41) is 13.6. The molecule has 0 radical (unpaired) electrons. The number of nitrogens with one attached hydrogen (secondary N) is 1. The Hall–Kier alpha value is -2.62. The van der Waals surface area contributed by atoms with Crippen molar-refractivity contribution < 1.29 is 14.5 Å². The normalized spacial score (nSPS) is 11.0. The SMILES string of the molecule is CCCN(C(=O)Nc1ccc([N+](=O)[O-])cc1)C(=NC(=O)N(C)C)SC. The van der Waals surface area contributed by atoms with Crippen LogP contribution in [-0.4, -0.2) is 58.8 Å². The number of amides is 4. The van der Waals surface area contributed by atoms with Gasteiger partial charge in [0.1, 0.15) is 0 Å². The molecule has 0 heterocycles. The van der Waals surface area contributed by atoms with E-state index >= 15 is 0 Å². The van der Waals surface area contributed by atoms with Gasteiger partial charge in [0.15, 0.2) is 5.17 Å². The average molecular weight is 367 g/mol. The topological polar surface area (TPSA) is 108 Å². The third-order valence-electron chi connectivity index (χ3n) is 3.01. The number of amidine groups is 1. The van der Waals surface area contributed by atoms with Crippen LogP contribution >= 0.6 is 11.8 Å². The third-order valence-corrected chi connectivity index (χ3v) is 3.69. The minimum Gasteiger partial charge on any atom is -0.329 e. The van der Waals surface area contributed by atoms with Gasteiger partial charge in [-0.15, -0.1) is 0 Å². The number of carbonyl (C=O) groups excluding carboxylic acids is 2. The molecule has 0 aliphatic carbocycles. The molecule has 0 bridgehead atoms. The third kappa shape index (κ3) is 6.07. The van der Waals surface area contributed by atoms with E-state index in [1.54, 1.807) is 20.4 Å². The van der Waals surface area contributed by atoms with E-state index in [1.807, 2.05) is 6.92 Å². The summed E-state index contributed by atoms with van der Waals surface area (Å²) in [5.41, 5.74) is 0.349. The molecular formula is C15H21N5O4S. The molecule has 25 heavy (non-hydrogen) atoms. The molecule has 0 saturated heterocycles. The number of nitrogens with zero attached hydrogens (tertiary/aromatic N) is 4. The lowest BCUT2D eigenvalue weighted by atomic mass is 10.3. The predicted octanol–water partition coefficient (Wildman–Crippen LogP) is 3.24. The largest absolute Gasteiger partial charge is 0.345 e. The standard InChI is InChI=1S/C15H21N5O4S/c1-5-10-19(15(25-4)17-13(21)18(2)3)14(22)16-11-6-8-12(9-7-11)20(23)24/h6-9H,5,10H2,1-4H3,(H,16,22). The van der Waals surface area contributed by atoms with Crippen LogP contribution in [0.15, 0.2) is 29.3 Å². The summed E-state index contributed by atoms with van der Waals surface area (Å²) in [5.74, 6) is 0. The summed E-state index contributed by atoms with van der Waals surface area (Å²) in [6.07, 6.45) is 2.40. The minimum absolute atomic E-state index is 0.0636. The molecule has 0 aromatic heterocycles. The Morgan fingerprint density at radius 2 is 1.88 bits per heavy atom. The first-order chi connectivity index (χ1) is 11.8. The molecule has 9 nitrogen and oxygen atoms in total. The van der Waals surface area contributed by atoms with Gasteiger partial charge in [-0.05, 0) is 24.8 Å². The van der Waals surface area contributed by atoms with Crippen molar-refractivity contribution in [2.24, 2.45) is 4.99 Å². The number of nitro benzene ring substituents is 1. The van der Waals surface area contributed by atoms with Gasteiger partial charge in [0, 0.05) is 38.5 Å². The van der Waals surface area contributed by atoms with Crippen LogP contribution < -0.4 is 5.32 Å². The summed E-state index contributed by atoms with van der Waals surface area (Å²) >= 11 is 1.19. The lowest BCUT2D eigenvalue weighted by Crippen LogP contribution is -2.40. The Morgan fingerprint density at radius 3 is 2.32 bits per heavy atom. The number of aliphatic imine (C=N–C) groups is 1. The Labute approximate surface area is 150 Å². The Bertz CT molecular complexity index is 660. The lowest BCUT2D eigenvalue weighted by Gasteiger charge is -2.23. The Kier molecular flexibility index (Phi) is 7.86. The molecule has 10 heteroatoms. The fraction of sp³-hybridized carbons (Fsp3) is 0.400. The fourth-order valence-electron chi connectivity index (χ4n) is 1.76. The van der Waals surface area contributed by atoms with E-state index in [0.717, 1.165) is 0 Å². The molecule has 136 valence electrons. The van der Waals surface area contributed by atoms with Crippen LogP contribution in [0, 0.1) is 10.1 Å². The van der Waals surface area contributed by atoms with Crippen LogP contribution in [0.1, 0.15) is 13.3 Å². The summed E-state index contributed by atoms with van der Waals surface area (Å²) < 4.78 is 0. The number of anilines is 1. The van der Waals surface area contributed by atoms with Crippen molar-refractivity contribution >= 4 is 40.4 Å². The van der Waals surface area contributed by atoms with Crippen LogP contribution in [-0.2, 0) is 0 Å². The van der Waals surface area contributed by atoms with Crippen molar-refractivity contribution in [2.75, 3.05) is 32.2 Å². The highest BCUT2D eigenvalue weighted by Gasteiger charge is 2.20. The molecule has 0 unspecified atom stereocenters. The van der Waals surface area contributed by atoms with E-state index in [2.05, 4.69) is 10.3 Å². The quantitative estimate of drug-likeness (QED) is 0.380. The number of non-ortho nitro benzene ring substituents is 1. The van der Waals surface area contributed by atoms with E-state index in [9.17, 15) is 19.7 Å². The van der Waals surface area contributed by atoms with Gasteiger partial charge in [0.25, 0.3) is 5.69 Å². The smallest absolute Gasteiger partial charge is 0.329 e. The van der Waals surface area contributed by atoms with Gasteiger partial charge in [0.2, 0.25) is 0 Å². The first kappa shape index (κ1) is 20.4. The second-order valence-corrected chi connectivity index (χ2v) is 5.93. The Morgan fingerprint density at radius 1 is 1.28 bits per heavy atom. The van der Waals surface area contributed by atoms with E-state index < -0.39 is 17.0 Å². The highest BCUT2D eigenvalue weighted by Crippen LogP contribution is 2.17. The van der Waals surface area contributed by atoms with E-state index in [4.69, 9.17) is 0 Å². The Balaban J connectivity index is 2.98. The van der Waals surface area contributed by atoms with Crippen molar-refractivity contribution in [3.63, 3.8) is 0 Å². The molecule has 0 aliphatic rings. The van der Waals surface area contributed by atoms with Crippen LogP contribution in [0.5, 0.6) is 0 Å². The van der Waals surface area contributed by atoms with Gasteiger partial charge >= 0.3 is 12.1 Å². The highest BCUT2D eigenvalue weighted by molar-refractivity contribution is 8.13. The second kappa shape index (κ2) is 9.62. The zero-order valence-corrected chi connectivity index (χ0v) is 15.4. The number of hydrogen-bond acceptors (Lipinski definition) is 5. The number of nitro groups is 1. The summed E-state index contributed by atoms with van der Waals surface area (Å²) in [6.45, 7) is 2.27. The number of hydrogen-bond donors (Lipinski definition) is 1. The molecule has 1 rings (SSSR count). The molecule has 4 amide bonds. The first-order valence-corrected chi connectivity index (χ1v) is 8.69. The van der Waals surface area contributed by atoms with Crippen molar-refractivity contribution in [3.05, 3.63) is 34.4 Å². The van der Waals surface area contributed by atoms with E-state index in [1.165, 1.54) is 45.8 Å². The molecule has 0 fully saturated rings. The monoisotopic (exact) mass is 367 g/mol. The maximum absolute atomic E-state index is 12.5. The van der Waals surface area contributed by atoms with Crippen molar-refractivity contribution in [1.82, 2.24) is 9.80 Å². The van der Waals surface area contributed by atoms with Crippen molar-refractivity contribution in [2.45, 2.75) is 13.3 Å². The lowest BCUT2D eigenvalue weighted by molar-refractivity contribution is -0.384. The molecule has 0 atom stereocenters. The van der Waals surface area contributed by atoms with Gasteiger partial charge in [-0.2, -0.15) is 4.99 Å². The van der Waals surface area contributed by atoms with Crippen LogP contribution in [0.4, 0.5) is 21.0 Å². The maximum Gasteiger partial charge on any atom is 0.345 e. The van der Waals surface area contributed by atoms with Gasteiger partial charge in [-0.3, -0.25) is 15.0 Å². The number of benzene rings is 1. The molecule has 1 aromatic rings. The van der Waals surface area contributed by atoms with Crippen molar-refractivity contribution in [1.29, 1.82) is 0 Å². The molecule has 0 saturated carbocycles. The van der Waals surface area contributed by atoms with Crippen LogP contribution in [0.3, 0.4) is 0 Å². The number of carbonyl (C=O) groups is 2. The van der Waals surface area contributed by atoms with E-state index in [0.29, 0.717) is 18.7 Å². The second-order valence-electron chi connectivity index (χ2n) is 5.16. The summed E-state index contributed by atoms with van der Waals surface area (Å²) in [7, 11) is 3.15. The fourth-order valence-corrected chi connectivity index (χ4v) is 2.33. The zero-order valence-electron chi connectivity index (χ0n) is 14.6. The predicted molar refractivity (Wildman–Crippen MR) is 99.1 cm³/mol. The highest BCUT2D eigenvalue weighted by atomic mass is 32.2. The van der Waals surface area contributed by atoms with Gasteiger partial charge in [0.05, 0.1) is 4.92 Å². The number of rotatable bonds is 4. The minimum atomic E-state index is -0.514. The van der Waals surface area contributed by atoms with Crippen molar-refractivity contribution in [3.8, 4) is 0 Å². The maximum atomic E-state index is 12.5. The van der Waals surface area contributed by atoms with Gasteiger partial charge in [-0.25, -0.2) is 9.59 Å². The summed E-state index contributed by atoms with van der Waals surface area (Å²) in [4.78, 5) is 41.1. The van der Waals surface area contributed by atoms with Gasteiger partial charge < -0.3 is 10.2 Å². The van der Waals surface area contributed by atoms with E-state index in [-0.39, 0.29) is 10.9 Å². The van der Waals surface area contributed by atoms with Gasteiger partial charge in [-0.1, -0.05) is 18.7 Å². The molecule has 1 N–H and O–H groups in total. The molecule has 0 aliphatic heterocycles. The molecular weight excluding hydrogens is 346 g/mol. The summed E-state index contributed by atoms with van der Waals surface area (Å²) in [6, 6.07) is 4.57. The number of thioether (sulfide) groups is 1. The first-order valence-electron chi connectivity index (χ1n) is 7.47. The number of urea groups is 2.